The number of hydrogen-bond donors (Lipinski definition) is 1. The van der Waals surface area contributed by atoms with E-state index in [0.717, 1.165) is 25.7 Å². The van der Waals surface area contributed by atoms with Crippen molar-refractivity contribution in [2.75, 3.05) is 39.4 Å². The lowest BCUT2D eigenvalue weighted by molar-refractivity contribution is -0.123. The summed E-state index contributed by atoms with van der Waals surface area (Å²) in [6, 6.07) is 10.6. The Hall–Kier alpha value is -4.34. The minimum Gasteiger partial charge on any atom is -0.493 e. The number of carbonyl (C=O) groups excluding carboxylic acids is 2. The summed E-state index contributed by atoms with van der Waals surface area (Å²) in [4.78, 5) is 29.6. The van der Waals surface area contributed by atoms with Crippen LogP contribution in [0.2, 0.25) is 0 Å². The number of methoxy groups -OCH3 is 3. The van der Waals surface area contributed by atoms with Gasteiger partial charge in [-0.15, -0.1) is 0 Å². The number of hydrogen-bond acceptors (Lipinski definition) is 8. The highest BCUT2D eigenvalue weighted by molar-refractivity contribution is 6.09. The number of carbonyl (C=O) groups is 2. The summed E-state index contributed by atoms with van der Waals surface area (Å²) in [5, 5.41) is 3.16. The lowest BCUT2D eigenvalue weighted by Gasteiger charge is -2.33. The fourth-order valence-electron chi connectivity index (χ4n) is 5.11. The highest BCUT2D eigenvalue weighted by Crippen LogP contribution is 2.43. The Morgan fingerprint density at radius 3 is 2.23 bits per heavy atom. The van der Waals surface area contributed by atoms with E-state index in [-0.39, 0.29) is 17.7 Å². The second-order valence-corrected chi connectivity index (χ2v) is 9.33. The van der Waals surface area contributed by atoms with E-state index in [1.807, 2.05) is 0 Å². The Kier molecular flexibility index (Phi) is 7.81. The van der Waals surface area contributed by atoms with Gasteiger partial charge in [-0.05, 0) is 54.8 Å². The van der Waals surface area contributed by atoms with Crippen molar-refractivity contribution in [3.8, 4) is 28.7 Å². The molecule has 1 atom stereocenters. The fourth-order valence-corrected chi connectivity index (χ4v) is 5.11. The lowest BCUT2D eigenvalue weighted by Crippen LogP contribution is -2.46. The fraction of sp³-hybridized carbons (Fsp3) is 0.379. The zero-order chi connectivity index (χ0) is 27.4. The first-order valence-corrected chi connectivity index (χ1v) is 12.9. The van der Waals surface area contributed by atoms with Gasteiger partial charge in [0.1, 0.15) is 19.3 Å². The smallest absolute Gasteiger partial charge is 0.294 e. The standard InChI is InChI=1S/C29H32N2O8/c1-34-24-15-18(16-25(35-2)27(24)36-3)26(28(32)30-19-7-4-5-8-19)31(29(33)22-9-6-12-37-22)20-10-11-21-23(17-20)39-14-13-38-21/h6,9-12,15-17,19,26H,4-5,7-8,13-14H2,1-3H3,(H,30,32)/t26-/m0/s1. The van der Waals surface area contributed by atoms with Crippen LogP contribution in [0.4, 0.5) is 5.69 Å². The average molecular weight is 537 g/mol. The van der Waals surface area contributed by atoms with Crippen LogP contribution in [0.25, 0.3) is 0 Å². The number of ether oxygens (including phenoxy) is 5. The molecule has 2 heterocycles. The SMILES string of the molecule is COc1cc([C@@H](C(=O)NC2CCCC2)N(C(=O)c2ccco2)c2ccc3c(c2)OCCO3)cc(OC)c1OC. The summed E-state index contributed by atoms with van der Waals surface area (Å²) in [6.45, 7) is 0.806. The predicted molar refractivity (Wildman–Crippen MR) is 142 cm³/mol. The third-order valence-corrected chi connectivity index (χ3v) is 6.97. The van der Waals surface area contributed by atoms with E-state index in [2.05, 4.69) is 5.32 Å². The first kappa shape index (κ1) is 26.3. The van der Waals surface area contributed by atoms with Crippen LogP contribution < -0.4 is 33.9 Å². The number of nitrogens with one attached hydrogen (secondary N) is 1. The minimum absolute atomic E-state index is 0.0165. The number of furan rings is 1. The maximum atomic E-state index is 14.1. The molecule has 10 heteroatoms. The summed E-state index contributed by atoms with van der Waals surface area (Å²) in [5.41, 5.74) is 0.899. The summed E-state index contributed by atoms with van der Waals surface area (Å²) in [5.74, 6) is 1.38. The normalized spacial score (nSPS) is 15.4. The van der Waals surface area contributed by atoms with Crippen LogP contribution in [-0.2, 0) is 4.79 Å². The molecule has 3 aromatic rings. The van der Waals surface area contributed by atoms with Gasteiger partial charge in [-0.2, -0.15) is 0 Å². The van der Waals surface area contributed by atoms with Gasteiger partial charge in [-0.3, -0.25) is 14.5 Å². The van der Waals surface area contributed by atoms with Crippen molar-refractivity contribution in [3.63, 3.8) is 0 Å². The molecule has 10 nitrogen and oxygen atoms in total. The molecule has 39 heavy (non-hydrogen) atoms. The number of fused-ring (bicyclic) bond motifs is 1. The molecule has 0 bridgehead atoms. The Balaban J connectivity index is 1.68. The van der Waals surface area contributed by atoms with Gasteiger partial charge in [0.25, 0.3) is 5.91 Å². The molecule has 1 aromatic heterocycles. The second kappa shape index (κ2) is 11.6. The Morgan fingerprint density at radius 2 is 1.62 bits per heavy atom. The highest BCUT2D eigenvalue weighted by atomic mass is 16.6. The van der Waals surface area contributed by atoms with Crippen LogP contribution in [0.1, 0.15) is 47.8 Å². The summed E-state index contributed by atoms with van der Waals surface area (Å²) >= 11 is 0. The summed E-state index contributed by atoms with van der Waals surface area (Å²) in [6.07, 6.45) is 5.25. The van der Waals surface area contributed by atoms with Gasteiger partial charge in [-0.25, -0.2) is 0 Å². The van der Waals surface area contributed by atoms with Gasteiger partial charge in [-0.1, -0.05) is 12.8 Å². The number of anilines is 1. The highest BCUT2D eigenvalue weighted by Gasteiger charge is 2.37. The average Bonchev–Trinajstić information content (AvgIpc) is 3.69. The van der Waals surface area contributed by atoms with Crippen LogP contribution in [-0.4, -0.2) is 52.4 Å². The van der Waals surface area contributed by atoms with Gasteiger partial charge in [0, 0.05) is 17.8 Å². The van der Waals surface area contributed by atoms with Gasteiger partial charge < -0.3 is 33.4 Å². The maximum absolute atomic E-state index is 14.1. The monoisotopic (exact) mass is 536 g/mol. The van der Waals surface area contributed by atoms with E-state index >= 15 is 0 Å². The van der Waals surface area contributed by atoms with Crippen molar-refractivity contribution in [2.45, 2.75) is 37.8 Å². The Labute approximate surface area is 226 Å². The van der Waals surface area contributed by atoms with Crippen molar-refractivity contribution in [1.29, 1.82) is 0 Å². The maximum Gasteiger partial charge on any atom is 0.294 e. The van der Waals surface area contributed by atoms with Crippen LogP contribution in [0.5, 0.6) is 28.7 Å². The molecule has 0 spiro atoms. The number of rotatable bonds is 9. The zero-order valence-corrected chi connectivity index (χ0v) is 22.2. The number of benzene rings is 2. The van der Waals surface area contributed by atoms with E-state index in [9.17, 15) is 9.59 Å². The van der Waals surface area contributed by atoms with E-state index < -0.39 is 11.9 Å². The molecule has 1 saturated carbocycles. The third kappa shape index (κ3) is 5.32. The topological polar surface area (TPSA) is 109 Å². The largest absolute Gasteiger partial charge is 0.493 e. The lowest BCUT2D eigenvalue weighted by atomic mass is 10.0. The molecule has 0 unspecified atom stereocenters. The van der Waals surface area contributed by atoms with Crippen molar-refractivity contribution >= 4 is 17.5 Å². The molecule has 0 saturated heterocycles. The molecule has 1 aliphatic carbocycles. The molecule has 1 N–H and O–H groups in total. The zero-order valence-electron chi connectivity index (χ0n) is 22.2. The van der Waals surface area contributed by atoms with E-state index in [1.54, 1.807) is 42.5 Å². The van der Waals surface area contributed by atoms with Crippen molar-refractivity contribution in [1.82, 2.24) is 5.32 Å². The summed E-state index contributed by atoms with van der Waals surface area (Å²) in [7, 11) is 4.51. The van der Waals surface area contributed by atoms with Gasteiger partial charge in [0.05, 0.1) is 27.6 Å². The van der Waals surface area contributed by atoms with Crippen LogP contribution >= 0.6 is 0 Å². The second-order valence-electron chi connectivity index (χ2n) is 9.33. The molecule has 2 amide bonds. The molecule has 5 rings (SSSR count). The number of nitrogens with zero attached hydrogens (tertiary/aromatic N) is 1. The molecule has 2 aliphatic rings. The van der Waals surface area contributed by atoms with Crippen molar-refractivity contribution < 1.29 is 37.7 Å². The quantitative estimate of drug-likeness (QED) is 0.425. The molecular formula is C29H32N2O8. The van der Waals surface area contributed by atoms with E-state index in [4.69, 9.17) is 28.1 Å². The van der Waals surface area contributed by atoms with E-state index in [1.165, 1.54) is 32.5 Å². The van der Waals surface area contributed by atoms with Crippen molar-refractivity contribution in [3.05, 3.63) is 60.1 Å². The van der Waals surface area contributed by atoms with Crippen LogP contribution in [0, 0.1) is 0 Å². The van der Waals surface area contributed by atoms with Gasteiger partial charge in [0.2, 0.25) is 11.7 Å². The first-order valence-electron chi connectivity index (χ1n) is 12.9. The molecule has 0 radical (unpaired) electrons. The first-order chi connectivity index (χ1) is 19.0. The molecule has 1 aliphatic heterocycles. The van der Waals surface area contributed by atoms with Gasteiger partial charge >= 0.3 is 0 Å². The molecule has 2 aromatic carbocycles. The van der Waals surface area contributed by atoms with Gasteiger partial charge in [0.15, 0.2) is 28.8 Å². The van der Waals surface area contributed by atoms with Crippen molar-refractivity contribution in [2.24, 2.45) is 0 Å². The minimum atomic E-state index is -1.11. The Morgan fingerprint density at radius 1 is 0.923 bits per heavy atom. The molecular weight excluding hydrogens is 504 g/mol. The van der Waals surface area contributed by atoms with Crippen LogP contribution in [0.3, 0.4) is 0 Å². The molecule has 206 valence electrons. The number of amides is 2. The summed E-state index contributed by atoms with van der Waals surface area (Å²) < 4.78 is 33.6. The third-order valence-electron chi connectivity index (χ3n) is 6.97. The Bertz CT molecular complexity index is 1290. The predicted octanol–water partition coefficient (Wildman–Crippen LogP) is 4.52. The van der Waals surface area contributed by atoms with Crippen LogP contribution in [0.15, 0.2) is 53.1 Å². The molecule has 1 fully saturated rings. The van der Waals surface area contributed by atoms with E-state index in [0.29, 0.717) is 53.2 Å².